The number of nitrogens with one attached hydrogen (secondary N) is 1. The third-order valence-electron chi connectivity index (χ3n) is 2.13. The molecule has 6 heteroatoms. The van der Waals surface area contributed by atoms with E-state index in [0.717, 1.165) is 6.07 Å². The van der Waals surface area contributed by atoms with Gasteiger partial charge in [0.2, 0.25) is 5.22 Å². The summed E-state index contributed by atoms with van der Waals surface area (Å²) >= 11 is 5.64. The van der Waals surface area contributed by atoms with Crippen molar-refractivity contribution in [1.82, 2.24) is 0 Å². The van der Waals surface area contributed by atoms with E-state index < -0.39 is 11.7 Å². The fourth-order valence-electron chi connectivity index (χ4n) is 1.28. The van der Waals surface area contributed by atoms with Gasteiger partial charge in [0, 0.05) is 0 Å². The molecule has 2 rings (SSSR count). The lowest BCUT2D eigenvalue weighted by atomic mass is 10.2. The van der Waals surface area contributed by atoms with Crippen LogP contribution < -0.4 is 11.1 Å². The van der Waals surface area contributed by atoms with Gasteiger partial charge in [-0.15, -0.1) is 0 Å². The molecule has 3 N–H and O–H groups in total. The van der Waals surface area contributed by atoms with E-state index in [1.807, 2.05) is 0 Å². The molecule has 88 valence electrons. The van der Waals surface area contributed by atoms with E-state index in [1.165, 1.54) is 24.5 Å². The number of anilines is 2. The Morgan fingerprint density at radius 1 is 1.41 bits per heavy atom. The molecule has 0 spiro atoms. The van der Waals surface area contributed by atoms with Crippen LogP contribution in [0.5, 0.6) is 0 Å². The predicted molar refractivity (Wildman–Crippen MR) is 62.5 cm³/mol. The van der Waals surface area contributed by atoms with Crippen LogP contribution in [0.1, 0.15) is 10.4 Å². The summed E-state index contributed by atoms with van der Waals surface area (Å²) in [4.78, 5) is 11.7. The topological polar surface area (TPSA) is 68.3 Å². The zero-order valence-corrected chi connectivity index (χ0v) is 9.29. The summed E-state index contributed by atoms with van der Waals surface area (Å²) in [6.45, 7) is 0. The first kappa shape index (κ1) is 11.5. The average molecular weight is 255 g/mol. The van der Waals surface area contributed by atoms with Crippen LogP contribution in [0.3, 0.4) is 0 Å². The zero-order valence-electron chi connectivity index (χ0n) is 8.54. The minimum absolute atomic E-state index is 0.0301. The molecule has 0 bridgehead atoms. The number of nitrogen functional groups attached to an aromatic ring is 1. The second kappa shape index (κ2) is 4.47. The number of hydrogen-bond donors (Lipinski definition) is 2. The minimum Gasteiger partial charge on any atom is -0.452 e. The highest BCUT2D eigenvalue weighted by atomic mass is 35.5. The average Bonchev–Trinajstić information content (AvgIpc) is 2.70. The molecule has 1 heterocycles. The van der Waals surface area contributed by atoms with Crippen molar-refractivity contribution in [2.75, 3.05) is 11.1 Å². The van der Waals surface area contributed by atoms with Crippen molar-refractivity contribution in [3.63, 3.8) is 0 Å². The summed E-state index contributed by atoms with van der Waals surface area (Å²) in [7, 11) is 0. The van der Waals surface area contributed by atoms with E-state index in [9.17, 15) is 9.18 Å². The van der Waals surface area contributed by atoms with E-state index in [4.69, 9.17) is 21.8 Å². The third kappa shape index (κ3) is 2.39. The van der Waals surface area contributed by atoms with Gasteiger partial charge in [-0.3, -0.25) is 4.79 Å². The maximum atomic E-state index is 13.0. The Balaban J connectivity index is 2.24. The Hall–Kier alpha value is -2.01. The van der Waals surface area contributed by atoms with Crippen LogP contribution in [-0.4, -0.2) is 5.91 Å². The van der Waals surface area contributed by atoms with Gasteiger partial charge < -0.3 is 15.5 Å². The summed E-state index contributed by atoms with van der Waals surface area (Å²) < 4.78 is 17.7. The van der Waals surface area contributed by atoms with Crippen LogP contribution in [0.2, 0.25) is 5.22 Å². The van der Waals surface area contributed by atoms with Crippen molar-refractivity contribution >= 4 is 28.9 Å². The maximum Gasteiger partial charge on any atom is 0.260 e. The van der Waals surface area contributed by atoms with Crippen molar-refractivity contribution in [3.8, 4) is 0 Å². The monoisotopic (exact) mass is 254 g/mol. The van der Waals surface area contributed by atoms with Gasteiger partial charge in [0.15, 0.2) is 0 Å². The number of halogens is 2. The number of amides is 1. The largest absolute Gasteiger partial charge is 0.452 e. The smallest absolute Gasteiger partial charge is 0.260 e. The van der Waals surface area contributed by atoms with Gasteiger partial charge in [-0.2, -0.15) is 0 Å². The molecule has 17 heavy (non-hydrogen) atoms. The number of carbonyl (C=O) groups excluding carboxylic acids is 1. The van der Waals surface area contributed by atoms with Crippen molar-refractivity contribution < 1.29 is 13.6 Å². The molecule has 0 saturated heterocycles. The molecule has 0 atom stereocenters. The number of benzene rings is 1. The summed E-state index contributed by atoms with van der Waals surface area (Å²) in [5, 5.41) is 2.42. The number of furan rings is 1. The van der Waals surface area contributed by atoms with E-state index in [2.05, 4.69) is 5.32 Å². The number of hydrogen-bond acceptors (Lipinski definition) is 3. The summed E-state index contributed by atoms with van der Waals surface area (Å²) in [6.07, 6.45) is 1.28. The lowest BCUT2D eigenvalue weighted by molar-refractivity contribution is 0.102. The van der Waals surface area contributed by atoms with Gasteiger partial charge in [-0.1, -0.05) is 0 Å². The van der Waals surface area contributed by atoms with Crippen molar-refractivity contribution in [3.05, 3.63) is 47.1 Å². The van der Waals surface area contributed by atoms with Crippen LogP contribution >= 0.6 is 11.6 Å². The Morgan fingerprint density at radius 3 is 2.82 bits per heavy atom. The fraction of sp³-hybridized carbons (Fsp3) is 0. The lowest BCUT2D eigenvalue weighted by Crippen LogP contribution is -2.13. The quantitative estimate of drug-likeness (QED) is 0.810. The van der Waals surface area contributed by atoms with Gasteiger partial charge in [-0.25, -0.2) is 4.39 Å². The molecule has 0 unspecified atom stereocenters. The van der Waals surface area contributed by atoms with Gasteiger partial charge in [0.05, 0.1) is 23.2 Å². The molecule has 1 aromatic carbocycles. The van der Waals surface area contributed by atoms with Crippen molar-refractivity contribution in [1.29, 1.82) is 0 Å². The first-order valence-corrected chi connectivity index (χ1v) is 5.05. The Morgan fingerprint density at radius 2 is 2.18 bits per heavy atom. The van der Waals surface area contributed by atoms with Crippen LogP contribution in [0.25, 0.3) is 0 Å². The van der Waals surface area contributed by atoms with Gasteiger partial charge >= 0.3 is 0 Å². The highest BCUT2D eigenvalue weighted by Crippen LogP contribution is 2.22. The van der Waals surface area contributed by atoms with E-state index in [0.29, 0.717) is 0 Å². The Labute approximate surface area is 101 Å². The molecular formula is C11H8ClFN2O2. The molecule has 4 nitrogen and oxygen atoms in total. The van der Waals surface area contributed by atoms with Crippen LogP contribution in [-0.2, 0) is 0 Å². The van der Waals surface area contributed by atoms with Crippen molar-refractivity contribution in [2.24, 2.45) is 0 Å². The summed E-state index contributed by atoms with van der Waals surface area (Å²) in [5.74, 6) is -1.01. The molecule has 0 fully saturated rings. The Bertz CT molecular complexity index is 568. The van der Waals surface area contributed by atoms with Gasteiger partial charge in [-0.05, 0) is 35.9 Å². The van der Waals surface area contributed by atoms with E-state index in [-0.39, 0.29) is 22.2 Å². The zero-order chi connectivity index (χ0) is 12.4. The fourth-order valence-corrected chi connectivity index (χ4v) is 1.48. The molecule has 0 aliphatic heterocycles. The summed E-state index contributed by atoms with van der Waals surface area (Å²) in [6, 6.07) is 5.10. The molecule has 1 amide bonds. The van der Waals surface area contributed by atoms with Gasteiger partial charge in [0.25, 0.3) is 5.91 Å². The molecule has 0 aliphatic rings. The highest BCUT2D eigenvalue weighted by Gasteiger charge is 2.14. The van der Waals surface area contributed by atoms with E-state index >= 15 is 0 Å². The second-order valence-corrected chi connectivity index (χ2v) is 3.64. The minimum atomic E-state index is -0.513. The standard InChI is InChI=1S/C11H8ClFN2O2/c12-10-7(3-4-17-10)11(16)15-9-5-6(13)1-2-8(9)14/h1-5H,14H2,(H,15,16). The molecular weight excluding hydrogens is 247 g/mol. The van der Waals surface area contributed by atoms with Crippen LogP contribution in [0.15, 0.2) is 34.9 Å². The number of rotatable bonds is 2. The van der Waals surface area contributed by atoms with Gasteiger partial charge in [0.1, 0.15) is 5.82 Å². The molecule has 0 radical (unpaired) electrons. The lowest BCUT2D eigenvalue weighted by Gasteiger charge is -2.07. The van der Waals surface area contributed by atoms with E-state index in [1.54, 1.807) is 0 Å². The summed E-state index contributed by atoms with van der Waals surface area (Å²) in [5.41, 5.74) is 6.20. The number of carbonyl (C=O) groups is 1. The molecule has 0 aliphatic carbocycles. The Kier molecular flexibility index (Phi) is 3.01. The van der Waals surface area contributed by atoms with Crippen LogP contribution in [0.4, 0.5) is 15.8 Å². The predicted octanol–water partition coefficient (Wildman–Crippen LogP) is 2.91. The number of nitrogens with two attached hydrogens (primary N) is 1. The molecule has 1 aromatic heterocycles. The second-order valence-electron chi connectivity index (χ2n) is 3.29. The molecule has 0 saturated carbocycles. The normalized spacial score (nSPS) is 10.2. The maximum absolute atomic E-state index is 13.0. The van der Waals surface area contributed by atoms with Crippen molar-refractivity contribution in [2.45, 2.75) is 0 Å². The molecule has 2 aromatic rings. The van der Waals surface area contributed by atoms with Crippen LogP contribution in [0, 0.1) is 5.82 Å². The first-order chi connectivity index (χ1) is 8.08. The highest BCUT2D eigenvalue weighted by molar-refractivity contribution is 6.32. The SMILES string of the molecule is Nc1ccc(F)cc1NC(=O)c1ccoc1Cl. The third-order valence-corrected chi connectivity index (χ3v) is 2.42. The first-order valence-electron chi connectivity index (χ1n) is 4.67.